The van der Waals surface area contributed by atoms with Crippen molar-refractivity contribution in [3.8, 4) is 0 Å². The van der Waals surface area contributed by atoms with Gasteiger partial charge in [-0.05, 0) is 37.9 Å². The van der Waals surface area contributed by atoms with Crippen LogP contribution in [0.5, 0.6) is 0 Å². The fourth-order valence-electron chi connectivity index (χ4n) is 3.39. The number of hydrogen-bond acceptors (Lipinski definition) is 2. The van der Waals surface area contributed by atoms with Crippen LogP contribution < -0.4 is 5.32 Å². The molecule has 1 N–H and O–H groups in total. The molecular formula is C16H24ClNO. The van der Waals surface area contributed by atoms with Crippen LogP contribution in [0.2, 0.25) is 5.02 Å². The maximum absolute atomic E-state index is 6.17. The Balaban J connectivity index is 1.99. The van der Waals surface area contributed by atoms with E-state index in [1.807, 2.05) is 24.3 Å². The predicted molar refractivity (Wildman–Crippen MR) is 80.5 cm³/mol. The quantitative estimate of drug-likeness (QED) is 0.850. The summed E-state index contributed by atoms with van der Waals surface area (Å²) in [5.41, 5.74) is 1.37. The van der Waals surface area contributed by atoms with E-state index in [9.17, 15) is 0 Å². The van der Waals surface area contributed by atoms with Crippen LogP contribution in [-0.4, -0.2) is 19.2 Å². The van der Waals surface area contributed by atoms with Gasteiger partial charge >= 0.3 is 0 Å². The highest BCUT2D eigenvalue weighted by molar-refractivity contribution is 6.31. The first-order chi connectivity index (χ1) is 9.17. The Bertz CT molecular complexity index is 417. The molecule has 0 spiro atoms. The van der Waals surface area contributed by atoms with Crippen LogP contribution in [0.1, 0.15) is 38.7 Å². The maximum Gasteiger partial charge on any atom is 0.0735 e. The van der Waals surface area contributed by atoms with Crippen LogP contribution in [0, 0.1) is 5.41 Å². The molecule has 1 aliphatic carbocycles. The third-order valence-corrected chi connectivity index (χ3v) is 5.22. The smallest absolute Gasteiger partial charge is 0.0735 e. The number of nitrogens with one attached hydrogen (secondary N) is 1. The van der Waals surface area contributed by atoms with E-state index in [0.717, 1.165) is 29.8 Å². The lowest BCUT2D eigenvalue weighted by Crippen LogP contribution is -2.62. The Morgan fingerprint density at radius 3 is 2.58 bits per heavy atom. The average Bonchev–Trinajstić information content (AvgIpc) is 2.41. The molecule has 1 aromatic carbocycles. The van der Waals surface area contributed by atoms with E-state index >= 15 is 0 Å². The second-order valence-electron chi connectivity index (χ2n) is 5.41. The van der Waals surface area contributed by atoms with Crippen LogP contribution in [0.4, 0.5) is 0 Å². The van der Waals surface area contributed by atoms with Crippen LogP contribution in [0.25, 0.3) is 0 Å². The van der Waals surface area contributed by atoms with Crippen LogP contribution >= 0.6 is 11.6 Å². The molecule has 2 rings (SSSR count). The summed E-state index contributed by atoms with van der Waals surface area (Å²) < 4.78 is 6.15. The monoisotopic (exact) mass is 281 g/mol. The van der Waals surface area contributed by atoms with Crippen LogP contribution in [0.3, 0.4) is 0 Å². The number of rotatable bonds is 6. The number of hydrogen-bond donors (Lipinski definition) is 1. The normalized spacial score (nSPS) is 25.1. The summed E-state index contributed by atoms with van der Waals surface area (Å²) in [4.78, 5) is 0. The molecule has 0 saturated heterocycles. The fourth-order valence-corrected chi connectivity index (χ4v) is 3.58. The molecule has 2 unspecified atom stereocenters. The Morgan fingerprint density at radius 2 is 2.00 bits per heavy atom. The molecule has 0 bridgehead atoms. The molecule has 0 heterocycles. The zero-order valence-electron chi connectivity index (χ0n) is 12.1. The van der Waals surface area contributed by atoms with Gasteiger partial charge in [0, 0.05) is 16.5 Å². The third kappa shape index (κ3) is 2.67. The van der Waals surface area contributed by atoms with Gasteiger partial charge in [0.15, 0.2) is 0 Å². The van der Waals surface area contributed by atoms with E-state index in [-0.39, 0.29) is 5.41 Å². The Kier molecular flexibility index (Phi) is 4.88. The van der Waals surface area contributed by atoms with Gasteiger partial charge in [-0.15, -0.1) is 0 Å². The summed E-state index contributed by atoms with van der Waals surface area (Å²) in [5, 5.41) is 4.22. The number of benzene rings is 1. The molecular weight excluding hydrogens is 258 g/mol. The van der Waals surface area contributed by atoms with E-state index < -0.39 is 0 Å². The first-order valence-corrected chi connectivity index (χ1v) is 7.58. The summed E-state index contributed by atoms with van der Waals surface area (Å²) in [6.07, 6.45) is 3.75. The van der Waals surface area contributed by atoms with Gasteiger partial charge in [0.25, 0.3) is 0 Å². The van der Waals surface area contributed by atoms with Gasteiger partial charge in [0.1, 0.15) is 0 Å². The van der Waals surface area contributed by atoms with Crippen molar-refractivity contribution in [2.75, 3.05) is 7.05 Å². The maximum atomic E-state index is 6.17. The highest BCUT2D eigenvalue weighted by Gasteiger charge is 2.52. The van der Waals surface area contributed by atoms with E-state index in [4.69, 9.17) is 16.3 Å². The topological polar surface area (TPSA) is 21.3 Å². The summed E-state index contributed by atoms with van der Waals surface area (Å²) in [7, 11) is 2.05. The molecule has 106 valence electrons. The summed E-state index contributed by atoms with van der Waals surface area (Å²) in [6, 6.07) is 8.50. The highest BCUT2D eigenvalue weighted by atomic mass is 35.5. The highest BCUT2D eigenvalue weighted by Crippen LogP contribution is 2.49. The van der Waals surface area contributed by atoms with E-state index in [0.29, 0.717) is 18.8 Å². The second-order valence-corrected chi connectivity index (χ2v) is 5.82. The molecule has 1 fully saturated rings. The van der Waals surface area contributed by atoms with Crippen molar-refractivity contribution in [3.05, 3.63) is 34.9 Å². The first-order valence-electron chi connectivity index (χ1n) is 7.20. The molecule has 1 saturated carbocycles. The lowest BCUT2D eigenvalue weighted by atomic mass is 9.58. The Labute approximate surface area is 121 Å². The molecule has 0 radical (unpaired) electrons. The van der Waals surface area contributed by atoms with Gasteiger partial charge in [0.05, 0.1) is 12.7 Å². The van der Waals surface area contributed by atoms with Crippen molar-refractivity contribution in [1.82, 2.24) is 5.32 Å². The Hall–Kier alpha value is -0.570. The summed E-state index contributed by atoms with van der Waals surface area (Å²) >= 11 is 6.17. The minimum atomic E-state index is 0.288. The van der Waals surface area contributed by atoms with Gasteiger partial charge in [-0.3, -0.25) is 0 Å². The van der Waals surface area contributed by atoms with Gasteiger partial charge in [-0.2, -0.15) is 0 Å². The third-order valence-electron chi connectivity index (χ3n) is 4.85. The zero-order valence-corrected chi connectivity index (χ0v) is 12.8. The standard InChI is InChI=1S/C16H24ClNO/c1-4-16(5-2)14(18-3)10-15(16)19-11-12-8-6-7-9-13(12)17/h6-9,14-15,18H,4-5,10-11H2,1-3H3. The fraction of sp³-hybridized carbons (Fsp3) is 0.625. The van der Waals surface area contributed by atoms with Crippen molar-refractivity contribution >= 4 is 11.6 Å². The van der Waals surface area contributed by atoms with Gasteiger partial charge < -0.3 is 10.1 Å². The molecule has 2 nitrogen and oxygen atoms in total. The molecule has 1 aromatic rings. The van der Waals surface area contributed by atoms with Crippen molar-refractivity contribution in [2.24, 2.45) is 5.41 Å². The summed E-state index contributed by atoms with van der Waals surface area (Å²) in [5.74, 6) is 0. The van der Waals surface area contributed by atoms with E-state index in [1.165, 1.54) is 0 Å². The molecule has 19 heavy (non-hydrogen) atoms. The molecule has 0 aliphatic heterocycles. The molecule has 3 heteroatoms. The average molecular weight is 282 g/mol. The molecule has 2 atom stereocenters. The van der Waals surface area contributed by atoms with Crippen molar-refractivity contribution in [1.29, 1.82) is 0 Å². The SMILES string of the molecule is CCC1(CC)C(NC)CC1OCc1ccccc1Cl. The van der Waals surface area contributed by atoms with E-state index in [1.54, 1.807) is 0 Å². The van der Waals surface area contributed by atoms with Crippen LogP contribution in [0.15, 0.2) is 24.3 Å². The Morgan fingerprint density at radius 1 is 1.32 bits per heavy atom. The minimum Gasteiger partial charge on any atom is -0.373 e. The lowest BCUT2D eigenvalue weighted by Gasteiger charge is -2.55. The first kappa shape index (κ1) is 14.8. The minimum absolute atomic E-state index is 0.288. The van der Waals surface area contributed by atoms with Gasteiger partial charge in [-0.1, -0.05) is 43.6 Å². The second kappa shape index (κ2) is 6.25. The zero-order chi connectivity index (χ0) is 13.9. The van der Waals surface area contributed by atoms with Gasteiger partial charge in [0.2, 0.25) is 0 Å². The number of halogens is 1. The van der Waals surface area contributed by atoms with Crippen molar-refractivity contribution < 1.29 is 4.74 Å². The summed E-state index contributed by atoms with van der Waals surface area (Å²) in [6.45, 7) is 5.14. The van der Waals surface area contributed by atoms with Crippen LogP contribution in [-0.2, 0) is 11.3 Å². The molecule has 0 amide bonds. The van der Waals surface area contributed by atoms with Crippen molar-refractivity contribution in [2.45, 2.75) is 51.9 Å². The predicted octanol–water partition coefficient (Wildman–Crippen LogP) is 4.02. The largest absolute Gasteiger partial charge is 0.373 e. The van der Waals surface area contributed by atoms with Gasteiger partial charge in [-0.25, -0.2) is 0 Å². The van der Waals surface area contributed by atoms with Crippen molar-refractivity contribution in [3.63, 3.8) is 0 Å². The number of ether oxygens (including phenoxy) is 1. The van der Waals surface area contributed by atoms with E-state index in [2.05, 4.69) is 26.2 Å². The molecule has 1 aliphatic rings. The lowest BCUT2D eigenvalue weighted by molar-refractivity contribution is -0.145. The molecule has 0 aromatic heterocycles.